The number of amides is 1. The summed E-state index contributed by atoms with van der Waals surface area (Å²) in [7, 11) is 0. The van der Waals surface area contributed by atoms with Gasteiger partial charge < -0.3 is 15.4 Å². The molecule has 1 fully saturated rings. The van der Waals surface area contributed by atoms with Gasteiger partial charge in [-0.1, -0.05) is 18.9 Å². The number of benzene rings is 1. The predicted molar refractivity (Wildman–Crippen MR) is 107 cm³/mol. The van der Waals surface area contributed by atoms with E-state index in [1.54, 1.807) is 13.0 Å². The van der Waals surface area contributed by atoms with Gasteiger partial charge in [0.2, 0.25) is 5.43 Å². The van der Waals surface area contributed by atoms with Crippen LogP contribution in [0.3, 0.4) is 0 Å². The van der Waals surface area contributed by atoms with Crippen molar-refractivity contribution in [1.29, 1.82) is 0 Å². The average molecular weight is 383 g/mol. The molecule has 4 rings (SSSR count). The molecule has 0 unspecified atom stereocenters. The lowest BCUT2D eigenvalue weighted by molar-refractivity contribution is 0.102. The molecule has 6 nitrogen and oxygen atoms in total. The summed E-state index contributed by atoms with van der Waals surface area (Å²) in [6.45, 7) is 3.65. The molecule has 0 bridgehead atoms. The lowest BCUT2D eigenvalue weighted by Gasteiger charge is -2.16. The summed E-state index contributed by atoms with van der Waals surface area (Å²) < 4.78 is 4.16. The second-order valence-corrected chi connectivity index (χ2v) is 7.94. The van der Waals surface area contributed by atoms with Crippen molar-refractivity contribution >= 4 is 33.3 Å². The highest BCUT2D eigenvalue weighted by Crippen LogP contribution is 2.40. The number of carbonyl (C=O) groups is 1. The molecule has 2 heterocycles. The van der Waals surface area contributed by atoms with Crippen molar-refractivity contribution in [2.45, 2.75) is 45.4 Å². The van der Waals surface area contributed by atoms with Crippen LogP contribution in [0.5, 0.6) is 5.75 Å². The van der Waals surface area contributed by atoms with E-state index in [4.69, 9.17) is 0 Å². The fraction of sp³-hybridized carbons (Fsp3) is 0.350. The van der Waals surface area contributed by atoms with Crippen molar-refractivity contribution in [3.05, 3.63) is 50.9 Å². The number of hydrogen-bond acceptors (Lipinski definition) is 5. The Balaban J connectivity index is 1.65. The van der Waals surface area contributed by atoms with Gasteiger partial charge in [0.1, 0.15) is 16.1 Å². The first-order valence-electron chi connectivity index (χ1n) is 9.08. The number of phenolic OH excluding ortho intramolecular Hbond substituents is 1. The second kappa shape index (κ2) is 6.81. The number of carbonyl (C=O) groups excluding carboxylic acids is 1. The Kier molecular flexibility index (Phi) is 4.47. The van der Waals surface area contributed by atoms with Crippen LogP contribution in [0.4, 0.5) is 5.69 Å². The number of phenols is 1. The zero-order valence-electron chi connectivity index (χ0n) is 15.3. The number of aromatic amines is 1. The molecule has 1 saturated carbocycles. The lowest BCUT2D eigenvalue weighted by Crippen LogP contribution is -2.22. The Morgan fingerprint density at radius 2 is 2.04 bits per heavy atom. The van der Waals surface area contributed by atoms with Gasteiger partial charge in [0, 0.05) is 18.0 Å². The number of pyridine rings is 1. The largest absolute Gasteiger partial charge is 0.508 e. The second-order valence-electron chi connectivity index (χ2n) is 7.17. The number of fused-ring (bicyclic) bond motifs is 1. The lowest BCUT2D eigenvalue weighted by atomic mass is 9.94. The van der Waals surface area contributed by atoms with Crippen LogP contribution >= 0.6 is 11.5 Å². The van der Waals surface area contributed by atoms with Crippen LogP contribution in [0.1, 0.15) is 58.8 Å². The zero-order chi connectivity index (χ0) is 19.1. The van der Waals surface area contributed by atoms with Gasteiger partial charge >= 0.3 is 0 Å². The number of aromatic hydroxyl groups is 1. The Morgan fingerprint density at radius 1 is 1.30 bits per heavy atom. The molecule has 2 aromatic heterocycles. The van der Waals surface area contributed by atoms with Crippen LogP contribution in [0.2, 0.25) is 0 Å². The predicted octanol–water partition coefficient (Wildman–Crippen LogP) is 4.22. The van der Waals surface area contributed by atoms with Gasteiger partial charge in [-0.2, -0.15) is 4.37 Å². The summed E-state index contributed by atoms with van der Waals surface area (Å²) in [4.78, 5) is 29.0. The molecule has 0 aliphatic heterocycles. The number of hydrogen-bond donors (Lipinski definition) is 3. The first kappa shape index (κ1) is 17.7. The first-order chi connectivity index (χ1) is 13.0. The molecule has 3 N–H and O–H groups in total. The van der Waals surface area contributed by atoms with Gasteiger partial charge in [-0.3, -0.25) is 9.59 Å². The summed E-state index contributed by atoms with van der Waals surface area (Å²) in [5.41, 5.74) is 2.64. The van der Waals surface area contributed by atoms with E-state index in [0.29, 0.717) is 27.5 Å². The van der Waals surface area contributed by atoms with Gasteiger partial charge in [0.15, 0.2) is 0 Å². The molecule has 140 valence electrons. The summed E-state index contributed by atoms with van der Waals surface area (Å²) >= 11 is 1.20. The summed E-state index contributed by atoms with van der Waals surface area (Å²) in [5.74, 6) is 0.0812. The maximum Gasteiger partial charge on any atom is 0.261 e. The molecule has 0 radical (unpaired) electrons. The maximum absolute atomic E-state index is 12.7. The summed E-state index contributed by atoms with van der Waals surface area (Å²) in [6, 6.07) is 3.53. The van der Waals surface area contributed by atoms with E-state index in [1.165, 1.54) is 30.6 Å². The molecule has 1 aliphatic rings. The monoisotopic (exact) mass is 383 g/mol. The van der Waals surface area contributed by atoms with Gasteiger partial charge in [-0.25, -0.2) is 0 Å². The maximum atomic E-state index is 12.7. The Hall–Kier alpha value is -2.67. The molecule has 1 amide bonds. The number of nitrogens with zero attached hydrogens (tertiary/aromatic N) is 1. The number of anilines is 1. The van der Waals surface area contributed by atoms with Crippen LogP contribution in [0, 0.1) is 13.8 Å². The van der Waals surface area contributed by atoms with Crippen molar-refractivity contribution < 1.29 is 9.90 Å². The third-order valence-electron chi connectivity index (χ3n) is 5.34. The normalized spacial score (nSPS) is 14.7. The molecule has 1 aromatic carbocycles. The number of aryl methyl sites for hydroxylation is 2. The molecule has 0 atom stereocenters. The van der Waals surface area contributed by atoms with Crippen molar-refractivity contribution in [1.82, 2.24) is 9.36 Å². The molecule has 1 aliphatic carbocycles. The highest BCUT2D eigenvalue weighted by atomic mass is 32.1. The standard InChI is InChI=1S/C20H21N3O3S/c1-10-7-13(12-5-3-4-6-12)16(24)8-15(10)22-19(26)14-9-21-20-17(18(14)25)11(2)23-27-20/h7-9,12,24H,3-6H2,1-2H3,(H,21,25)(H,22,26). The van der Waals surface area contributed by atoms with E-state index in [-0.39, 0.29) is 16.7 Å². The average Bonchev–Trinajstić information content (AvgIpc) is 3.28. The molecule has 27 heavy (non-hydrogen) atoms. The fourth-order valence-corrected chi connectivity index (χ4v) is 4.61. The van der Waals surface area contributed by atoms with E-state index in [1.807, 2.05) is 13.0 Å². The smallest absolute Gasteiger partial charge is 0.261 e. The van der Waals surface area contributed by atoms with Gasteiger partial charge in [-0.05, 0) is 55.3 Å². The Bertz CT molecular complexity index is 1090. The van der Waals surface area contributed by atoms with Crippen molar-refractivity contribution in [2.24, 2.45) is 0 Å². The fourth-order valence-electron chi connectivity index (χ4n) is 3.85. The van der Waals surface area contributed by atoms with Crippen molar-refractivity contribution in [3.63, 3.8) is 0 Å². The molecule has 7 heteroatoms. The number of rotatable bonds is 3. The quantitative estimate of drug-likeness (QED) is 0.631. The van der Waals surface area contributed by atoms with Crippen LogP contribution in [-0.4, -0.2) is 20.4 Å². The van der Waals surface area contributed by atoms with E-state index >= 15 is 0 Å². The summed E-state index contributed by atoms with van der Waals surface area (Å²) in [6.07, 6.45) is 5.96. The Morgan fingerprint density at radius 3 is 2.78 bits per heavy atom. The molecule has 3 aromatic rings. The SMILES string of the molecule is Cc1cc(C2CCCC2)c(O)cc1NC(=O)c1c[nH]c2snc(C)c2c1=O. The minimum Gasteiger partial charge on any atom is -0.508 e. The van der Waals surface area contributed by atoms with E-state index in [0.717, 1.165) is 24.0 Å². The Labute approximate surface area is 160 Å². The minimum absolute atomic E-state index is 0.0320. The number of nitrogens with one attached hydrogen (secondary N) is 2. The van der Waals surface area contributed by atoms with E-state index in [9.17, 15) is 14.7 Å². The third kappa shape index (κ3) is 3.12. The van der Waals surface area contributed by atoms with Gasteiger partial charge in [-0.15, -0.1) is 0 Å². The van der Waals surface area contributed by atoms with Gasteiger partial charge in [0.05, 0.1) is 11.1 Å². The van der Waals surface area contributed by atoms with Crippen LogP contribution in [0.25, 0.3) is 10.2 Å². The molecule has 0 spiro atoms. The van der Waals surface area contributed by atoms with Crippen LogP contribution in [0.15, 0.2) is 23.1 Å². The first-order valence-corrected chi connectivity index (χ1v) is 9.85. The summed E-state index contributed by atoms with van der Waals surface area (Å²) in [5, 5.41) is 13.7. The topological polar surface area (TPSA) is 95.1 Å². The van der Waals surface area contributed by atoms with Crippen molar-refractivity contribution in [2.75, 3.05) is 5.32 Å². The van der Waals surface area contributed by atoms with Crippen LogP contribution < -0.4 is 10.7 Å². The highest BCUT2D eigenvalue weighted by molar-refractivity contribution is 7.12. The molecular formula is C20H21N3O3S. The van der Waals surface area contributed by atoms with E-state index in [2.05, 4.69) is 14.7 Å². The van der Waals surface area contributed by atoms with Crippen molar-refractivity contribution in [3.8, 4) is 5.75 Å². The molecular weight excluding hydrogens is 362 g/mol. The number of aromatic nitrogens is 2. The van der Waals surface area contributed by atoms with E-state index < -0.39 is 5.91 Å². The minimum atomic E-state index is -0.500. The highest BCUT2D eigenvalue weighted by Gasteiger charge is 2.22. The van der Waals surface area contributed by atoms with Gasteiger partial charge in [0.25, 0.3) is 5.91 Å². The zero-order valence-corrected chi connectivity index (χ0v) is 16.1. The third-order valence-corrected chi connectivity index (χ3v) is 6.21. The van der Waals surface area contributed by atoms with Crippen LogP contribution in [-0.2, 0) is 0 Å². The number of H-pyrrole nitrogens is 1. The molecule has 0 saturated heterocycles.